The van der Waals surface area contributed by atoms with Crippen LogP contribution in [0.3, 0.4) is 0 Å². The van der Waals surface area contributed by atoms with Crippen molar-refractivity contribution >= 4 is 11.3 Å². The van der Waals surface area contributed by atoms with Crippen molar-refractivity contribution < 1.29 is 0 Å². The molecule has 1 aromatic carbocycles. The number of piperidine rings is 1. The van der Waals surface area contributed by atoms with Crippen molar-refractivity contribution in [3.63, 3.8) is 0 Å². The average molecular weight is 335 g/mol. The van der Waals surface area contributed by atoms with E-state index < -0.39 is 0 Å². The molecule has 0 amide bonds. The third-order valence-corrected chi connectivity index (χ3v) is 4.92. The van der Waals surface area contributed by atoms with E-state index in [0.29, 0.717) is 0 Å². The fourth-order valence-corrected chi connectivity index (χ4v) is 3.60. The smallest absolute Gasteiger partial charge is 0.152 e. The number of rotatable bonds is 5. The van der Waals surface area contributed by atoms with E-state index >= 15 is 0 Å². The summed E-state index contributed by atoms with van der Waals surface area (Å²) in [5.41, 5.74) is 4.77. The molecule has 0 radical (unpaired) electrons. The van der Waals surface area contributed by atoms with Crippen LogP contribution in [0.25, 0.3) is 5.52 Å². The number of hydrogen-bond acceptors (Lipinski definition) is 4. The molecule has 1 aliphatic rings. The van der Waals surface area contributed by atoms with Gasteiger partial charge in [0.2, 0.25) is 0 Å². The zero-order valence-corrected chi connectivity index (χ0v) is 14.8. The maximum atomic E-state index is 4.50. The maximum absolute atomic E-state index is 4.50. The van der Waals surface area contributed by atoms with Crippen LogP contribution in [0.2, 0.25) is 0 Å². The first-order valence-corrected chi connectivity index (χ1v) is 9.13. The highest BCUT2D eigenvalue weighted by Gasteiger charge is 2.13. The van der Waals surface area contributed by atoms with E-state index in [2.05, 4.69) is 50.6 Å². The SMILES string of the molecule is Cc1cc2c(NCc3ccccc3CN3CCCCC3)nccn2n1. The molecule has 25 heavy (non-hydrogen) atoms. The highest BCUT2D eigenvalue weighted by Crippen LogP contribution is 2.19. The van der Waals surface area contributed by atoms with Gasteiger partial charge in [-0.05, 0) is 50.0 Å². The van der Waals surface area contributed by atoms with Gasteiger partial charge in [0.05, 0.1) is 5.69 Å². The van der Waals surface area contributed by atoms with Crippen molar-refractivity contribution in [2.45, 2.75) is 39.3 Å². The van der Waals surface area contributed by atoms with E-state index in [1.807, 2.05) is 17.6 Å². The summed E-state index contributed by atoms with van der Waals surface area (Å²) in [6.45, 7) is 6.27. The normalized spacial score (nSPS) is 15.6. The van der Waals surface area contributed by atoms with Crippen LogP contribution in [0, 0.1) is 6.92 Å². The Balaban J connectivity index is 1.50. The second-order valence-electron chi connectivity index (χ2n) is 6.85. The maximum Gasteiger partial charge on any atom is 0.152 e. The van der Waals surface area contributed by atoms with Crippen LogP contribution in [0.1, 0.15) is 36.1 Å². The fourth-order valence-electron chi connectivity index (χ4n) is 3.60. The molecule has 3 aromatic rings. The third-order valence-electron chi connectivity index (χ3n) is 4.92. The molecule has 2 aromatic heterocycles. The molecule has 0 bridgehead atoms. The molecule has 3 heterocycles. The van der Waals surface area contributed by atoms with Crippen molar-refractivity contribution in [1.29, 1.82) is 0 Å². The number of anilines is 1. The fraction of sp³-hybridized carbons (Fsp3) is 0.400. The predicted octanol–water partition coefficient (Wildman–Crippen LogP) is 3.64. The molecule has 1 N–H and O–H groups in total. The number of aryl methyl sites for hydroxylation is 1. The number of likely N-dealkylation sites (tertiary alicyclic amines) is 1. The van der Waals surface area contributed by atoms with Crippen LogP contribution in [0.5, 0.6) is 0 Å². The first-order chi connectivity index (χ1) is 12.3. The summed E-state index contributed by atoms with van der Waals surface area (Å²) in [7, 11) is 0. The molecule has 0 unspecified atom stereocenters. The van der Waals surface area contributed by atoms with E-state index in [4.69, 9.17) is 0 Å². The summed E-state index contributed by atoms with van der Waals surface area (Å²) in [5.74, 6) is 0.885. The van der Waals surface area contributed by atoms with Gasteiger partial charge in [-0.2, -0.15) is 5.10 Å². The van der Waals surface area contributed by atoms with Gasteiger partial charge in [0.25, 0.3) is 0 Å². The number of benzene rings is 1. The van der Waals surface area contributed by atoms with Gasteiger partial charge in [-0.25, -0.2) is 9.50 Å². The molecular formula is C20H25N5. The zero-order valence-electron chi connectivity index (χ0n) is 14.8. The van der Waals surface area contributed by atoms with Crippen LogP contribution in [0.15, 0.2) is 42.7 Å². The number of hydrogen-bond donors (Lipinski definition) is 1. The predicted molar refractivity (Wildman–Crippen MR) is 101 cm³/mol. The molecule has 0 atom stereocenters. The van der Waals surface area contributed by atoms with Gasteiger partial charge in [-0.1, -0.05) is 30.7 Å². The van der Waals surface area contributed by atoms with Gasteiger partial charge in [0.1, 0.15) is 5.52 Å². The van der Waals surface area contributed by atoms with Crippen LogP contribution in [-0.4, -0.2) is 32.6 Å². The Hall–Kier alpha value is -2.40. The van der Waals surface area contributed by atoms with Crippen molar-refractivity contribution in [2.24, 2.45) is 0 Å². The van der Waals surface area contributed by atoms with E-state index in [-0.39, 0.29) is 0 Å². The number of nitrogens with one attached hydrogen (secondary N) is 1. The van der Waals surface area contributed by atoms with E-state index in [1.54, 1.807) is 6.20 Å². The summed E-state index contributed by atoms with van der Waals surface area (Å²) >= 11 is 0. The summed E-state index contributed by atoms with van der Waals surface area (Å²) in [4.78, 5) is 7.07. The lowest BCUT2D eigenvalue weighted by Gasteiger charge is -2.27. The van der Waals surface area contributed by atoms with E-state index in [9.17, 15) is 0 Å². The topological polar surface area (TPSA) is 45.5 Å². The third kappa shape index (κ3) is 3.66. The van der Waals surface area contributed by atoms with E-state index in [0.717, 1.165) is 30.1 Å². The quantitative estimate of drug-likeness (QED) is 0.773. The minimum absolute atomic E-state index is 0.779. The molecule has 5 nitrogen and oxygen atoms in total. The molecular weight excluding hydrogens is 310 g/mol. The molecule has 1 aliphatic heterocycles. The molecule has 1 saturated heterocycles. The monoisotopic (exact) mass is 335 g/mol. The summed E-state index contributed by atoms with van der Waals surface area (Å²) in [5, 5.41) is 7.96. The van der Waals surface area contributed by atoms with Gasteiger partial charge < -0.3 is 5.32 Å². The summed E-state index contributed by atoms with van der Waals surface area (Å²) < 4.78 is 1.88. The Morgan fingerprint density at radius 2 is 1.88 bits per heavy atom. The lowest BCUT2D eigenvalue weighted by Crippen LogP contribution is -2.29. The lowest BCUT2D eigenvalue weighted by atomic mass is 10.0. The largest absolute Gasteiger partial charge is 0.364 e. The molecule has 0 spiro atoms. The summed E-state index contributed by atoms with van der Waals surface area (Å²) in [6, 6.07) is 10.8. The first-order valence-electron chi connectivity index (χ1n) is 9.13. The Bertz CT molecular complexity index is 848. The highest BCUT2D eigenvalue weighted by atomic mass is 15.2. The molecule has 0 aliphatic carbocycles. The summed E-state index contributed by atoms with van der Waals surface area (Å²) in [6.07, 6.45) is 7.71. The second kappa shape index (κ2) is 7.23. The molecule has 4 rings (SSSR count). The van der Waals surface area contributed by atoms with Crippen molar-refractivity contribution in [1.82, 2.24) is 19.5 Å². The molecule has 0 saturated carbocycles. The molecule has 5 heteroatoms. The number of nitrogens with zero attached hydrogens (tertiary/aromatic N) is 4. The zero-order chi connectivity index (χ0) is 17.1. The molecule has 1 fully saturated rings. The Labute approximate surface area is 148 Å². The Kier molecular flexibility index (Phi) is 4.65. The van der Waals surface area contributed by atoms with Gasteiger partial charge in [-0.15, -0.1) is 0 Å². The highest BCUT2D eigenvalue weighted by molar-refractivity contribution is 5.67. The van der Waals surface area contributed by atoms with Crippen LogP contribution < -0.4 is 5.32 Å². The van der Waals surface area contributed by atoms with Gasteiger partial charge >= 0.3 is 0 Å². The van der Waals surface area contributed by atoms with Crippen LogP contribution in [-0.2, 0) is 13.1 Å². The van der Waals surface area contributed by atoms with Gasteiger partial charge in [0, 0.05) is 25.5 Å². The number of aromatic nitrogens is 3. The average Bonchev–Trinajstić information content (AvgIpc) is 3.03. The van der Waals surface area contributed by atoms with Crippen molar-refractivity contribution in [3.05, 3.63) is 59.5 Å². The van der Waals surface area contributed by atoms with Crippen LogP contribution >= 0.6 is 0 Å². The first kappa shape index (κ1) is 16.1. The Morgan fingerprint density at radius 3 is 2.72 bits per heavy atom. The minimum atomic E-state index is 0.779. The second-order valence-corrected chi connectivity index (χ2v) is 6.85. The lowest BCUT2D eigenvalue weighted by molar-refractivity contribution is 0.220. The minimum Gasteiger partial charge on any atom is -0.364 e. The van der Waals surface area contributed by atoms with Gasteiger partial charge in [-0.3, -0.25) is 4.90 Å². The molecule has 130 valence electrons. The van der Waals surface area contributed by atoms with Crippen molar-refractivity contribution in [3.8, 4) is 0 Å². The standard InChI is InChI=1S/C20H25N5/c1-16-13-19-20(21-9-12-25(19)23-16)22-14-17-7-3-4-8-18(17)15-24-10-5-2-6-11-24/h3-4,7-9,12-13H,2,5-6,10-11,14-15H2,1H3,(H,21,22). The Morgan fingerprint density at radius 1 is 1.08 bits per heavy atom. The van der Waals surface area contributed by atoms with Gasteiger partial charge in [0.15, 0.2) is 5.82 Å². The number of fused-ring (bicyclic) bond motifs is 1. The van der Waals surface area contributed by atoms with Crippen LogP contribution in [0.4, 0.5) is 5.82 Å². The van der Waals surface area contributed by atoms with Crippen molar-refractivity contribution in [2.75, 3.05) is 18.4 Å². The van der Waals surface area contributed by atoms with E-state index in [1.165, 1.54) is 43.5 Å².